The number of ether oxygens (including phenoxy) is 1. The summed E-state index contributed by atoms with van der Waals surface area (Å²) in [5, 5.41) is 5.69. The molecular formula is C21H17N3O4S2. The molecule has 0 amide bonds. The largest absolute Gasteiger partial charge is 0.497 e. The molecule has 7 nitrogen and oxygen atoms in total. The molecule has 0 aliphatic carbocycles. The summed E-state index contributed by atoms with van der Waals surface area (Å²) in [5.41, 5.74) is 2.13. The van der Waals surface area contributed by atoms with E-state index >= 15 is 0 Å². The molecule has 0 saturated carbocycles. The maximum absolute atomic E-state index is 12.3. The minimum Gasteiger partial charge on any atom is -0.497 e. The predicted molar refractivity (Wildman–Crippen MR) is 117 cm³/mol. The van der Waals surface area contributed by atoms with Crippen LogP contribution in [0, 0.1) is 0 Å². The first-order valence-corrected chi connectivity index (χ1v) is 11.2. The average Bonchev–Trinajstić information content (AvgIpc) is 3.46. The number of nitrogens with one attached hydrogen (secondary N) is 1. The highest BCUT2D eigenvalue weighted by molar-refractivity contribution is 7.94. The molecular weight excluding hydrogens is 422 g/mol. The number of hydrogen-bond donors (Lipinski definition) is 1. The van der Waals surface area contributed by atoms with E-state index in [1.165, 1.54) is 0 Å². The van der Waals surface area contributed by atoms with Crippen LogP contribution in [0.15, 0.2) is 74.8 Å². The number of anilines is 1. The lowest BCUT2D eigenvalue weighted by Gasteiger charge is -2.06. The molecule has 4 rings (SSSR count). The zero-order chi connectivity index (χ0) is 21.0. The Labute approximate surface area is 177 Å². The van der Waals surface area contributed by atoms with Gasteiger partial charge in [0.2, 0.25) is 5.82 Å². The fraction of sp³-hybridized carbons (Fsp3) is 0.0476. The third-order valence-electron chi connectivity index (χ3n) is 4.13. The van der Waals surface area contributed by atoms with Gasteiger partial charge in [0.1, 0.15) is 9.96 Å². The van der Waals surface area contributed by atoms with Gasteiger partial charge in [0.15, 0.2) is 0 Å². The van der Waals surface area contributed by atoms with Gasteiger partial charge in [-0.1, -0.05) is 23.4 Å². The molecule has 1 N–H and O–H groups in total. The average molecular weight is 440 g/mol. The zero-order valence-electron chi connectivity index (χ0n) is 15.8. The number of rotatable bonds is 7. The monoisotopic (exact) mass is 439 g/mol. The van der Waals surface area contributed by atoms with Gasteiger partial charge in [-0.05, 0) is 59.5 Å². The molecule has 0 saturated heterocycles. The molecule has 0 fully saturated rings. The number of thiophene rings is 1. The molecule has 0 atom stereocenters. The first-order chi connectivity index (χ1) is 14.5. The van der Waals surface area contributed by atoms with Crippen LogP contribution in [0.2, 0.25) is 0 Å². The summed E-state index contributed by atoms with van der Waals surface area (Å²) < 4.78 is 37.8. The molecule has 0 aliphatic rings. The highest BCUT2D eigenvalue weighted by atomic mass is 32.2. The van der Waals surface area contributed by atoms with Gasteiger partial charge in [-0.3, -0.25) is 4.72 Å². The van der Waals surface area contributed by atoms with Gasteiger partial charge in [-0.2, -0.15) is 4.98 Å². The molecule has 2 aromatic heterocycles. The fourth-order valence-corrected chi connectivity index (χ4v) is 4.66. The third-order valence-corrected chi connectivity index (χ3v) is 6.91. The van der Waals surface area contributed by atoms with E-state index in [1.54, 1.807) is 55.0 Å². The smallest absolute Gasteiger partial charge is 0.271 e. The van der Waals surface area contributed by atoms with Crippen molar-refractivity contribution in [1.29, 1.82) is 0 Å². The molecule has 152 valence electrons. The Hall–Kier alpha value is -3.43. The van der Waals surface area contributed by atoms with Crippen molar-refractivity contribution < 1.29 is 17.7 Å². The Morgan fingerprint density at radius 3 is 2.47 bits per heavy atom. The Bertz CT molecular complexity index is 1240. The van der Waals surface area contributed by atoms with Gasteiger partial charge in [0.25, 0.3) is 15.9 Å². The molecule has 0 bridgehead atoms. The Morgan fingerprint density at radius 2 is 1.80 bits per heavy atom. The molecule has 4 aromatic rings. The van der Waals surface area contributed by atoms with Crippen LogP contribution in [0.4, 0.5) is 5.69 Å². The first-order valence-electron chi connectivity index (χ1n) is 8.86. The standard InChI is InChI=1S/C21H17N3O4S2/c1-27-18-11-4-15(5-12-18)6-13-19-22-21(23-28-19)16-7-9-17(10-8-16)24-30(25,26)20-3-2-14-29-20/h2-14,24H,1H3/b13-6+. The second-order valence-corrected chi connectivity index (χ2v) is 9.03. The molecule has 0 aliphatic heterocycles. The molecule has 0 spiro atoms. The maximum atomic E-state index is 12.3. The summed E-state index contributed by atoms with van der Waals surface area (Å²) in [6.07, 6.45) is 3.58. The predicted octanol–water partition coefficient (Wildman–Crippen LogP) is 4.78. The van der Waals surface area contributed by atoms with Crippen molar-refractivity contribution in [1.82, 2.24) is 10.1 Å². The van der Waals surface area contributed by atoms with Gasteiger partial charge in [-0.25, -0.2) is 8.42 Å². The third kappa shape index (κ3) is 4.58. The summed E-state index contributed by atoms with van der Waals surface area (Å²) in [5.74, 6) is 1.56. The Balaban J connectivity index is 1.45. The SMILES string of the molecule is COc1ccc(/C=C/c2nc(-c3ccc(NS(=O)(=O)c4cccs4)cc3)no2)cc1. The van der Waals surface area contributed by atoms with E-state index in [-0.39, 0.29) is 4.21 Å². The number of benzene rings is 2. The molecule has 2 heterocycles. The highest BCUT2D eigenvalue weighted by Crippen LogP contribution is 2.23. The summed E-state index contributed by atoms with van der Waals surface area (Å²) in [4.78, 5) is 4.35. The summed E-state index contributed by atoms with van der Waals surface area (Å²) in [6, 6.07) is 17.6. The van der Waals surface area contributed by atoms with Gasteiger partial charge in [0.05, 0.1) is 7.11 Å². The van der Waals surface area contributed by atoms with Crippen LogP contribution >= 0.6 is 11.3 Å². The quantitative estimate of drug-likeness (QED) is 0.445. The van der Waals surface area contributed by atoms with E-state index in [4.69, 9.17) is 9.26 Å². The summed E-state index contributed by atoms with van der Waals surface area (Å²) in [7, 11) is -1.96. The van der Waals surface area contributed by atoms with E-state index < -0.39 is 10.0 Å². The maximum Gasteiger partial charge on any atom is 0.271 e. The van der Waals surface area contributed by atoms with Crippen molar-refractivity contribution >= 4 is 39.2 Å². The van der Waals surface area contributed by atoms with E-state index in [0.717, 1.165) is 22.6 Å². The Morgan fingerprint density at radius 1 is 1.03 bits per heavy atom. The second-order valence-electron chi connectivity index (χ2n) is 6.18. The summed E-state index contributed by atoms with van der Waals surface area (Å²) >= 11 is 1.16. The fourth-order valence-electron chi connectivity index (χ4n) is 2.61. The van der Waals surface area contributed by atoms with E-state index in [9.17, 15) is 8.42 Å². The van der Waals surface area contributed by atoms with E-state index in [0.29, 0.717) is 23.0 Å². The topological polar surface area (TPSA) is 94.3 Å². The van der Waals surface area contributed by atoms with Crippen molar-refractivity contribution in [2.45, 2.75) is 4.21 Å². The van der Waals surface area contributed by atoms with Crippen molar-refractivity contribution in [3.8, 4) is 17.1 Å². The van der Waals surface area contributed by atoms with Crippen LogP contribution in [0.5, 0.6) is 5.75 Å². The molecule has 0 unspecified atom stereocenters. The Kier molecular flexibility index (Phi) is 5.64. The van der Waals surface area contributed by atoms with E-state index in [2.05, 4.69) is 14.9 Å². The van der Waals surface area contributed by atoms with Crippen LogP contribution in [0.1, 0.15) is 11.5 Å². The minimum absolute atomic E-state index is 0.262. The van der Waals surface area contributed by atoms with Crippen molar-refractivity contribution in [2.24, 2.45) is 0 Å². The zero-order valence-corrected chi connectivity index (χ0v) is 17.5. The normalized spacial score (nSPS) is 11.6. The minimum atomic E-state index is -3.58. The van der Waals surface area contributed by atoms with Crippen LogP contribution in [-0.4, -0.2) is 25.7 Å². The van der Waals surface area contributed by atoms with Crippen LogP contribution in [0.3, 0.4) is 0 Å². The van der Waals surface area contributed by atoms with Crippen LogP contribution in [0.25, 0.3) is 23.5 Å². The lowest BCUT2D eigenvalue weighted by Crippen LogP contribution is -2.11. The number of aromatic nitrogens is 2. The van der Waals surface area contributed by atoms with Crippen molar-refractivity contribution in [3.63, 3.8) is 0 Å². The summed E-state index contributed by atoms with van der Waals surface area (Å²) in [6.45, 7) is 0. The highest BCUT2D eigenvalue weighted by Gasteiger charge is 2.15. The number of hydrogen-bond acceptors (Lipinski definition) is 7. The van der Waals surface area contributed by atoms with Gasteiger partial charge >= 0.3 is 0 Å². The molecule has 30 heavy (non-hydrogen) atoms. The molecule has 9 heteroatoms. The van der Waals surface area contributed by atoms with Crippen LogP contribution in [-0.2, 0) is 10.0 Å². The number of methoxy groups -OCH3 is 1. The molecule has 0 radical (unpaired) electrons. The van der Waals surface area contributed by atoms with Gasteiger partial charge in [0, 0.05) is 17.3 Å². The van der Waals surface area contributed by atoms with Crippen LogP contribution < -0.4 is 9.46 Å². The second kappa shape index (κ2) is 8.52. The number of nitrogens with zero attached hydrogens (tertiary/aromatic N) is 2. The number of sulfonamides is 1. The van der Waals surface area contributed by atoms with Crippen molar-refractivity contribution in [3.05, 3.63) is 77.5 Å². The first kappa shape index (κ1) is 19.9. The van der Waals surface area contributed by atoms with Gasteiger partial charge < -0.3 is 9.26 Å². The van der Waals surface area contributed by atoms with Crippen molar-refractivity contribution in [2.75, 3.05) is 11.8 Å². The molecule has 2 aromatic carbocycles. The lowest BCUT2D eigenvalue weighted by molar-refractivity contribution is 0.411. The lowest BCUT2D eigenvalue weighted by atomic mass is 10.2. The van der Waals surface area contributed by atoms with Gasteiger partial charge in [-0.15, -0.1) is 11.3 Å². The van der Waals surface area contributed by atoms with E-state index in [1.807, 2.05) is 30.3 Å².